The van der Waals surface area contributed by atoms with Crippen molar-refractivity contribution in [2.24, 2.45) is 5.73 Å². The second-order valence-electron chi connectivity index (χ2n) is 7.54. The average molecular weight is 463 g/mol. The number of aromatic amines is 1. The topological polar surface area (TPSA) is 132 Å². The summed E-state index contributed by atoms with van der Waals surface area (Å²) in [5.74, 6) is -1.47. The van der Waals surface area contributed by atoms with Gasteiger partial charge >= 0.3 is 0 Å². The van der Waals surface area contributed by atoms with E-state index in [0.717, 1.165) is 0 Å². The maximum atomic E-state index is 13.3. The highest BCUT2D eigenvalue weighted by Crippen LogP contribution is 2.14. The van der Waals surface area contributed by atoms with Crippen molar-refractivity contribution in [3.63, 3.8) is 0 Å². The van der Waals surface area contributed by atoms with Gasteiger partial charge in [-0.1, -0.05) is 30.3 Å². The van der Waals surface area contributed by atoms with Gasteiger partial charge in [-0.05, 0) is 29.8 Å². The number of halogens is 2. The Hall–Kier alpha value is -3.14. The Morgan fingerprint density at radius 3 is 2.50 bits per heavy atom. The predicted molar refractivity (Wildman–Crippen MR) is 118 cm³/mol. The molecule has 0 radical (unpaired) electrons. The van der Waals surface area contributed by atoms with Crippen molar-refractivity contribution in [1.29, 1.82) is 0 Å². The molecular formula is C22H24ClFN4O4. The number of allylic oxidation sites excluding steroid dienone is 1. The van der Waals surface area contributed by atoms with E-state index in [1.807, 2.05) is 0 Å². The minimum atomic E-state index is -1.06. The fourth-order valence-corrected chi connectivity index (χ4v) is 3.61. The molecule has 0 bridgehead atoms. The summed E-state index contributed by atoms with van der Waals surface area (Å²) in [6.07, 6.45) is 0.766. The number of nitrogens with two attached hydrogens (primary N) is 1. The Bertz CT molecular complexity index is 1120. The van der Waals surface area contributed by atoms with E-state index in [2.05, 4.69) is 16.9 Å². The van der Waals surface area contributed by atoms with Crippen LogP contribution in [-0.4, -0.2) is 63.3 Å². The highest BCUT2D eigenvalue weighted by atomic mass is 35.5. The lowest BCUT2D eigenvalue weighted by Crippen LogP contribution is -2.49. The lowest BCUT2D eigenvalue weighted by atomic mass is 10.0. The van der Waals surface area contributed by atoms with Gasteiger partial charge in [-0.15, -0.1) is 0 Å². The summed E-state index contributed by atoms with van der Waals surface area (Å²) in [6.45, 7) is 3.48. The quantitative estimate of drug-likeness (QED) is 0.387. The maximum absolute atomic E-state index is 13.3. The van der Waals surface area contributed by atoms with Gasteiger partial charge in [0.1, 0.15) is 17.6 Å². The SMILES string of the molecule is C=C(Cl)/C=c1/cc(C(=O)N[C@@H](Cc2ccc(F)cc2)C(=O)N2C[C@H](O)[C@@H](O)C2)[nH]/c1=C/N. The molecule has 3 rings (SSSR count). The molecule has 1 aromatic heterocycles. The van der Waals surface area contributed by atoms with Crippen LogP contribution in [0.2, 0.25) is 0 Å². The zero-order valence-electron chi connectivity index (χ0n) is 17.1. The van der Waals surface area contributed by atoms with Crippen LogP contribution in [0.25, 0.3) is 12.3 Å². The van der Waals surface area contributed by atoms with Crippen LogP contribution in [0.4, 0.5) is 4.39 Å². The van der Waals surface area contributed by atoms with Crippen molar-refractivity contribution in [2.75, 3.05) is 13.1 Å². The van der Waals surface area contributed by atoms with E-state index in [9.17, 15) is 24.2 Å². The van der Waals surface area contributed by atoms with Crippen LogP contribution < -0.4 is 21.6 Å². The lowest BCUT2D eigenvalue weighted by Gasteiger charge is -2.24. The summed E-state index contributed by atoms with van der Waals surface area (Å²) in [4.78, 5) is 30.2. The number of H-pyrrole nitrogens is 1. The van der Waals surface area contributed by atoms with Crippen LogP contribution in [0.3, 0.4) is 0 Å². The van der Waals surface area contributed by atoms with Gasteiger partial charge < -0.3 is 31.1 Å². The Morgan fingerprint density at radius 1 is 1.31 bits per heavy atom. The number of hydrogen-bond donors (Lipinski definition) is 5. The van der Waals surface area contributed by atoms with Crippen LogP contribution in [-0.2, 0) is 11.2 Å². The van der Waals surface area contributed by atoms with Crippen molar-refractivity contribution in [3.8, 4) is 0 Å². The number of aliphatic hydroxyl groups is 2. The van der Waals surface area contributed by atoms with Crippen LogP contribution in [0, 0.1) is 5.82 Å². The molecule has 1 fully saturated rings. The molecule has 170 valence electrons. The summed E-state index contributed by atoms with van der Waals surface area (Å²) in [6, 6.07) is 6.06. The molecule has 1 aliphatic rings. The molecule has 2 aromatic rings. The number of benzene rings is 1. The van der Waals surface area contributed by atoms with Gasteiger partial charge in [0.05, 0.1) is 17.6 Å². The van der Waals surface area contributed by atoms with E-state index in [1.54, 1.807) is 0 Å². The largest absolute Gasteiger partial charge is 0.403 e. The number of nitrogens with zero attached hydrogens (tertiary/aromatic N) is 1. The molecule has 6 N–H and O–H groups in total. The van der Waals surface area contributed by atoms with Gasteiger partial charge in [0.15, 0.2) is 0 Å². The van der Waals surface area contributed by atoms with Gasteiger partial charge in [0, 0.05) is 36.0 Å². The molecule has 10 heteroatoms. The number of aromatic nitrogens is 1. The normalized spacial score (nSPS) is 20.4. The smallest absolute Gasteiger partial charge is 0.268 e. The minimum Gasteiger partial charge on any atom is -0.403 e. The van der Waals surface area contributed by atoms with E-state index < -0.39 is 35.9 Å². The first-order valence-electron chi connectivity index (χ1n) is 9.85. The molecule has 0 saturated carbocycles. The molecule has 0 spiro atoms. The maximum Gasteiger partial charge on any atom is 0.268 e. The fourth-order valence-electron chi connectivity index (χ4n) is 3.50. The Morgan fingerprint density at radius 2 is 1.94 bits per heavy atom. The number of β-amino-alcohol motifs (C(OH)–C–C–N with tert-alkyl or cyclic N) is 2. The van der Waals surface area contributed by atoms with E-state index in [1.165, 1.54) is 47.5 Å². The van der Waals surface area contributed by atoms with Crippen LogP contribution in [0.15, 0.2) is 41.9 Å². The third-order valence-electron chi connectivity index (χ3n) is 5.13. The standard InChI is InChI=1S/C22H24ClFN4O4/c1-12(23)6-14-8-16(26-18(14)9-25)21(31)27-17(7-13-2-4-15(24)5-3-13)22(32)28-10-19(29)20(30)11-28/h2-6,8-9,17,19-20,26,29-30H,1,7,10-11,25H2,(H,27,31)/b14-6-,18-9+/t17-,19-,20-/m0/s1. The number of carbonyl (C=O) groups excluding carboxylic acids is 2. The molecule has 8 nitrogen and oxygen atoms in total. The molecule has 0 unspecified atom stereocenters. The van der Waals surface area contributed by atoms with Gasteiger partial charge in [-0.25, -0.2) is 4.39 Å². The zero-order valence-corrected chi connectivity index (χ0v) is 17.8. The summed E-state index contributed by atoms with van der Waals surface area (Å²) in [7, 11) is 0. The third-order valence-corrected chi connectivity index (χ3v) is 5.24. The predicted octanol–water partition coefficient (Wildman–Crippen LogP) is -0.711. The van der Waals surface area contributed by atoms with Gasteiger partial charge in [0.2, 0.25) is 5.91 Å². The number of carbonyl (C=O) groups is 2. The first-order chi connectivity index (χ1) is 15.2. The number of nitrogens with one attached hydrogen (secondary N) is 2. The van der Waals surface area contributed by atoms with E-state index in [4.69, 9.17) is 17.3 Å². The van der Waals surface area contributed by atoms with Crippen molar-refractivity contribution in [3.05, 3.63) is 69.6 Å². The van der Waals surface area contributed by atoms with Gasteiger partial charge in [-0.2, -0.15) is 0 Å². The minimum absolute atomic E-state index is 0.0541. The second kappa shape index (κ2) is 9.99. The van der Waals surface area contributed by atoms with Crippen molar-refractivity contribution in [1.82, 2.24) is 15.2 Å². The molecule has 0 aliphatic carbocycles. The average Bonchev–Trinajstić information content (AvgIpc) is 3.30. The molecule has 1 aliphatic heterocycles. The van der Waals surface area contributed by atoms with E-state index >= 15 is 0 Å². The summed E-state index contributed by atoms with van der Waals surface area (Å²) in [5.41, 5.74) is 6.36. The van der Waals surface area contributed by atoms with Crippen molar-refractivity contribution in [2.45, 2.75) is 24.7 Å². The lowest BCUT2D eigenvalue weighted by molar-refractivity contribution is -0.132. The number of likely N-dealkylation sites (tertiary alicyclic amines) is 1. The van der Waals surface area contributed by atoms with Gasteiger partial charge in [-0.3, -0.25) is 9.59 Å². The second-order valence-corrected chi connectivity index (χ2v) is 8.03. The third kappa shape index (κ3) is 5.56. The zero-order chi connectivity index (χ0) is 23.4. The Kier molecular flexibility index (Phi) is 7.34. The first kappa shape index (κ1) is 23.5. The molecule has 32 heavy (non-hydrogen) atoms. The first-order valence-corrected chi connectivity index (χ1v) is 10.2. The van der Waals surface area contributed by atoms with Crippen molar-refractivity contribution < 1.29 is 24.2 Å². The number of aliphatic hydroxyl groups excluding tert-OH is 2. The molecule has 2 amide bonds. The Labute approximate surface area is 188 Å². The highest BCUT2D eigenvalue weighted by Gasteiger charge is 2.36. The monoisotopic (exact) mass is 462 g/mol. The highest BCUT2D eigenvalue weighted by molar-refractivity contribution is 6.33. The van der Waals surface area contributed by atoms with Crippen molar-refractivity contribution >= 4 is 35.7 Å². The van der Waals surface area contributed by atoms with Crippen LogP contribution >= 0.6 is 11.6 Å². The van der Waals surface area contributed by atoms with Crippen LogP contribution in [0.5, 0.6) is 0 Å². The summed E-state index contributed by atoms with van der Waals surface area (Å²) >= 11 is 5.82. The van der Waals surface area contributed by atoms with E-state index in [-0.39, 0.29) is 30.2 Å². The summed E-state index contributed by atoms with van der Waals surface area (Å²) in [5, 5.41) is 23.5. The molecule has 1 aromatic carbocycles. The molecular weight excluding hydrogens is 439 g/mol. The number of hydrogen-bond acceptors (Lipinski definition) is 5. The van der Waals surface area contributed by atoms with Gasteiger partial charge in [0.25, 0.3) is 5.91 Å². The fraction of sp³-hybridized carbons (Fsp3) is 0.273. The van der Waals surface area contributed by atoms with Crippen LogP contribution in [0.1, 0.15) is 16.1 Å². The molecule has 2 heterocycles. The number of rotatable bonds is 6. The summed E-state index contributed by atoms with van der Waals surface area (Å²) < 4.78 is 13.3. The Balaban J connectivity index is 1.87. The number of amides is 2. The molecule has 3 atom stereocenters. The van der Waals surface area contributed by atoms with E-state index in [0.29, 0.717) is 16.1 Å². The molecule has 1 saturated heterocycles.